The van der Waals surface area contributed by atoms with Crippen LogP contribution in [0, 0.1) is 0 Å². The molecule has 0 aliphatic heterocycles. The summed E-state index contributed by atoms with van der Waals surface area (Å²) >= 11 is 4.85. The van der Waals surface area contributed by atoms with Gasteiger partial charge in [-0.1, -0.05) is 15.9 Å². The van der Waals surface area contributed by atoms with Gasteiger partial charge in [0.15, 0.2) is 0 Å². The van der Waals surface area contributed by atoms with Crippen LogP contribution < -0.4 is 5.32 Å². The average Bonchev–Trinajstić information content (AvgIpc) is 2.43. The molecular formula is C14H18BrNO3S. The summed E-state index contributed by atoms with van der Waals surface area (Å²) in [5.74, 6) is 0.133. The zero-order chi connectivity index (χ0) is 14.8. The molecule has 0 unspecified atom stereocenters. The fourth-order valence-corrected chi connectivity index (χ4v) is 2.42. The van der Waals surface area contributed by atoms with E-state index in [4.69, 9.17) is 4.74 Å². The maximum Gasteiger partial charge on any atom is 0.305 e. The van der Waals surface area contributed by atoms with Crippen molar-refractivity contribution in [1.82, 2.24) is 5.32 Å². The van der Waals surface area contributed by atoms with E-state index in [9.17, 15) is 9.59 Å². The number of nitrogens with one attached hydrogen (secondary N) is 1. The van der Waals surface area contributed by atoms with Gasteiger partial charge in [-0.15, -0.1) is 11.8 Å². The first-order valence-electron chi connectivity index (χ1n) is 6.42. The van der Waals surface area contributed by atoms with Gasteiger partial charge in [0.2, 0.25) is 5.91 Å². The van der Waals surface area contributed by atoms with Crippen LogP contribution in [0.25, 0.3) is 0 Å². The summed E-state index contributed by atoms with van der Waals surface area (Å²) in [6.07, 6.45) is 0.946. The van der Waals surface area contributed by atoms with E-state index in [-0.39, 0.29) is 11.9 Å². The Balaban J connectivity index is 2.11. The van der Waals surface area contributed by atoms with E-state index in [1.165, 1.54) is 11.8 Å². The van der Waals surface area contributed by atoms with Crippen LogP contribution in [0.4, 0.5) is 0 Å². The second-order valence-corrected chi connectivity index (χ2v) is 5.97. The standard InChI is InChI=1S/C14H18BrNO3S/c1-2-19-14(18)4-3-9-16-13(17)10-20-12-7-5-11(15)6-8-12/h5-8H,2-4,9-10H2,1H3,(H,16,17). The second kappa shape index (κ2) is 9.83. The number of carbonyl (C=O) groups is 2. The average molecular weight is 360 g/mol. The predicted molar refractivity (Wildman–Crippen MR) is 83.7 cm³/mol. The Morgan fingerprint density at radius 1 is 1.30 bits per heavy atom. The highest BCUT2D eigenvalue weighted by Gasteiger charge is 2.04. The van der Waals surface area contributed by atoms with E-state index in [0.29, 0.717) is 31.7 Å². The van der Waals surface area contributed by atoms with Gasteiger partial charge in [-0.25, -0.2) is 0 Å². The van der Waals surface area contributed by atoms with Crippen molar-refractivity contribution in [2.75, 3.05) is 18.9 Å². The molecular weight excluding hydrogens is 342 g/mol. The Morgan fingerprint density at radius 2 is 2.00 bits per heavy atom. The van der Waals surface area contributed by atoms with Crippen LogP contribution in [-0.4, -0.2) is 30.8 Å². The molecule has 0 aliphatic carbocycles. The quantitative estimate of drug-likeness (QED) is 0.440. The first-order chi connectivity index (χ1) is 9.61. The summed E-state index contributed by atoms with van der Waals surface area (Å²) in [4.78, 5) is 23.7. The van der Waals surface area contributed by atoms with Crippen LogP contribution in [0.5, 0.6) is 0 Å². The van der Waals surface area contributed by atoms with Crippen LogP contribution >= 0.6 is 27.7 Å². The van der Waals surface area contributed by atoms with Crippen molar-refractivity contribution >= 4 is 39.6 Å². The van der Waals surface area contributed by atoms with Crippen molar-refractivity contribution < 1.29 is 14.3 Å². The van der Waals surface area contributed by atoms with E-state index in [1.807, 2.05) is 24.3 Å². The molecule has 6 heteroatoms. The summed E-state index contributed by atoms with van der Waals surface area (Å²) in [5.41, 5.74) is 0. The van der Waals surface area contributed by atoms with Gasteiger partial charge in [0.1, 0.15) is 0 Å². The third kappa shape index (κ3) is 7.55. The largest absolute Gasteiger partial charge is 0.466 e. The number of esters is 1. The van der Waals surface area contributed by atoms with Gasteiger partial charge in [-0.2, -0.15) is 0 Å². The molecule has 1 rings (SSSR count). The molecule has 0 saturated heterocycles. The lowest BCUT2D eigenvalue weighted by atomic mass is 10.3. The van der Waals surface area contributed by atoms with Gasteiger partial charge in [-0.05, 0) is 37.6 Å². The van der Waals surface area contributed by atoms with Crippen LogP contribution in [0.3, 0.4) is 0 Å². The molecule has 1 aromatic rings. The Labute approximate surface area is 131 Å². The van der Waals surface area contributed by atoms with E-state index >= 15 is 0 Å². The second-order valence-electron chi connectivity index (χ2n) is 4.00. The van der Waals surface area contributed by atoms with Gasteiger partial charge >= 0.3 is 5.97 Å². The smallest absolute Gasteiger partial charge is 0.305 e. The Morgan fingerprint density at radius 3 is 2.65 bits per heavy atom. The number of halogens is 1. The monoisotopic (exact) mass is 359 g/mol. The van der Waals surface area contributed by atoms with Crippen molar-refractivity contribution in [3.05, 3.63) is 28.7 Å². The molecule has 0 aromatic heterocycles. The van der Waals surface area contributed by atoms with Crippen molar-refractivity contribution in [3.63, 3.8) is 0 Å². The third-order valence-electron chi connectivity index (χ3n) is 2.37. The number of benzene rings is 1. The maximum atomic E-state index is 11.6. The Kier molecular flexibility index (Phi) is 8.37. The first-order valence-corrected chi connectivity index (χ1v) is 8.20. The van der Waals surface area contributed by atoms with Gasteiger partial charge in [0, 0.05) is 22.3 Å². The van der Waals surface area contributed by atoms with Gasteiger partial charge in [-0.3, -0.25) is 9.59 Å². The highest BCUT2D eigenvalue weighted by atomic mass is 79.9. The number of hydrogen-bond donors (Lipinski definition) is 1. The van der Waals surface area contributed by atoms with Crippen LogP contribution in [0.1, 0.15) is 19.8 Å². The molecule has 1 N–H and O–H groups in total. The first kappa shape index (κ1) is 17.0. The van der Waals surface area contributed by atoms with E-state index in [0.717, 1.165) is 9.37 Å². The highest BCUT2D eigenvalue weighted by Crippen LogP contribution is 2.20. The molecule has 1 amide bonds. The van der Waals surface area contributed by atoms with Crippen molar-refractivity contribution in [2.24, 2.45) is 0 Å². The zero-order valence-corrected chi connectivity index (χ0v) is 13.8. The SMILES string of the molecule is CCOC(=O)CCCNC(=O)CSc1ccc(Br)cc1. The topological polar surface area (TPSA) is 55.4 Å². The molecule has 0 fully saturated rings. The summed E-state index contributed by atoms with van der Waals surface area (Å²) in [7, 11) is 0. The third-order valence-corrected chi connectivity index (χ3v) is 3.91. The minimum Gasteiger partial charge on any atom is -0.466 e. The van der Waals surface area contributed by atoms with Crippen molar-refractivity contribution in [2.45, 2.75) is 24.7 Å². The zero-order valence-electron chi connectivity index (χ0n) is 11.4. The van der Waals surface area contributed by atoms with Crippen LogP contribution in [0.2, 0.25) is 0 Å². The maximum absolute atomic E-state index is 11.6. The number of rotatable bonds is 8. The highest BCUT2D eigenvalue weighted by molar-refractivity contribution is 9.10. The molecule has 0 radical (unpaired) electrons. The number of carbonyl (C=O) groups excluding carboxylic acids is 2. The number of hydrogen-bond acceptors (Lipinski definition) is 4. The number of ether oxygens (including phenoxy) is 1. The van der Waals surface area contributed by atoms with E-state index in [1.54, 1.807) is 6.92 Å². The minimum absolute atomic E-state index is 0.0261. The van der Waals surface area contributed by atoms with Crippen LogP contribution in [-0.2, 0) is 14.3 Å². The fourth-order valence-electron chi connectivity index (χ4n) is 1.42. The molecule has 0 heterocycles. The molecule has 0 aliphatic rings. The number of amides is 1. The molecule has 0 bridgehead atoms. The van der Waals surface area contributed by atoms with Crippen molar-refractivity contribution in [1.29, 1.82) is 0 Å². The molecule has 0 atom stereocenters. The molecule has 4 nitrogen and oxygen atoms in total. The lowest BCUT2D eigenvalue weighted by Crippen LogP contribution is -2.26. The van der Waals surface area contributed by atoms with Gasteiger partial charge in [0.25, 0.3) is 0 Å². The molecule has 0 saturated carbocycles. The lowest BCUT2D eigenvalue weighted by molar-refractivity contribution is -0.143. The molecule has 110 valence electrons. The van der Waals surface area contributed by atoms with Gasteiger partial charge < -0.3 is 10.1 Å². The molecule has 20 heavy (non-hydrogen) atoms. The van der Waals surface area contributed by atoms with E-state index in [2.05, 4.69) is 21.2 Å². The normalized spacial score (nSPS) is 10.1. The Hall–Kier alpha value is -1.01. The summed E-state index contributed by atoms with van der Waals surface area (Å²) in [6, 6.07) is 7.81. The molecule has 1 aromatic carbocycles. The van der Waals surface area contributed by atoms with Gasteiger partial charge in [0.05, 0.1) is 12.4 Å². The van der Waals surface area contributed by atoms with Crippen molar-refractivity contribution in [3.8, 4) is 0 Å². The Bertz CT molecular complexity index is 437. The summed E-state index contributed by atoms with van der Waals surface area (Å²) in [6.45, 7) is 2.67. The predicted octanol–water partition coefficient (Wildman–Crippen LogP) is 3.00. The lowest BCUT2D eigenvalue weighted by Gasteiger charge is -2.05. The summed E-state index contributed by atoms with van der Waals surface area (Å²) < 4.78 is 5.82. The van der Waals surface area contributed by atoms with Crippen LogP contribution in [0.15, 0.2) is 33.6 Å². The number of thioether (sulfide) groups is 1. The minimum atomic E-state index is -0.217. The summed E-state index contributed by atoms with van der Waals surface area (Å²) in [5, 5.41) is 2.78. The van der Waals surface area contributed by atoms with E-state index < -0.39 is 0 Å². The molecule has 0 spiro atoms. The fraction of sp³-hybridized carbons (Fsp3) is 0.429.